The Labute approximate surface area is 148 Å². The van der Waals surface area contributed by atoms with Gasteiger partial charge < -0.3 is 10.0 Å². The molecule has 26 heavy (non-hydrogen) atoms. The highest BCUT2D eigenvalue weighted by Crippen LogP contribution is 2.28. The summed E-state index contributed by atoms with van der Waals surface area (Å²) in [5, 5.41) is 26.4. The lowest BCUT2D eigenvalue weighted by Gasteiger charge is -2.31. The molecule has 3 heterocycles. The summed E-state index contributed by atoms with van der Waals surface area (Å²) in [5.74, 6) is -0.664. The van der Waals surface area contributed by atoms with E-state index < -0.39 is 5.97 Å². The third kappa shape index (κ3) is 3.15. The first-order valence-electron chi connectivity index (χ1n) is 8.46. The molecular weight excluding hydrogens is 336 g/mol. The van der Waals surface area contributed by atoms with Gasteiger partial charge in [-0.3, -0.25) is 14.7 Å². The molecule has 4 rings (SSSR count). The van der Waals surface area contributed by atoms with Crippen LogP contribution < -0.4 is 0 Å². The van der Waals surface area contributed by atoms with Gasteiger partial charge in [-0.05, 0) is 37.1 Å². The minimum absolute atomic E-state index is 0.0121. The first-order chi connectivity index (χ1) is 12.6. The van der Waals surface area contributed by atoms with E-state index >= 15 is 0 Å². The number of benzene rings is 1. The second-order valence-corrected chi connectivity index (χ2v) is 6.48. The standard InChI is InChI=1S/C17H18N6O3/c24-16(25)9-12-8-14(19-18-12)10-3-5-23(6-4-10)17(26)11-1-2-13-15(7-11)21-22-20-13/h1-2,7-8,10H,3-6,9H2,(H,18,19)(H,24,25)(H,20,21,22). The Kier molecular flexibility index (Phi) is 4.11. The smallest absolute Gasteiger partial charge is 0.309 e. The van der Waals surface area contributed by atoms with Crippen molar-refractivity contribution < 1.29 is 14.7 Å². The van der Waals surface area contributed by atoms with Crippen LogP contribution in [-0.4, -0.2) is 60.6 Å². The van der Waals surface area contributed by atoms with Crippen molar-refractivity contribution in [1.82, 2.24) is 30.5 Å². The van der Waals surface area contributed by atoms with Gasteiger partial charge in [-0.25, -0.2) is 0 Å². The van der Waals surface area contributed by atoms with Crippen LogP contribution in [0, 0.1) is 0 Å². The minimum atomic E-state index is -0.885. The first kappa shape index (κ1) is 16.2. The monoisotopic (exact) mass is 354 g/mol. The number of aromatic nitrogens is 5. The van der Waals surface area contributed by atoms with Crippen LogP contribution >= 0.6 is 0 Å². The molecular formula is C17H18N6O3. The maximum atomic E-state index is 12.7. The van der Waals surface area contributed by atoms with Crippen molar-refractivity contribution >= 4 is 22.9 Å². The molecule has 1 aliphatic rings. The van der Waals surface area contributed by atoms with E-state index in [1.807, 2.05) is 11.0 Å². The zero-order chi connectivity index (χ0) is 18.1. The van der Waals surface area contributed by atoms with Crippen molar-refractivity contribution in [2.24, 2.45) is 0 Å². The van der Waals surface area contributed by atoms with Gasteiger partial charge in [0.15, 0.2) is 0 Å². The van der Waals surface area contributed by atoms with Crippen molar-refractivity contribution in [2.45, 2.75) is 25.2 Å². The van der Waals surface area contributed by atoms with Gasteiger partial charge in [-0.1, -0.05) is 0 Å². The highest BCUT2D eigenvalue weighted by Gasteiger charge is 2.26. The third-order valence-electron chi connectivity index (χ3n) is 4.76. The largest absolute Gasteiger partial charge is 0.481 e. The van der Waals surface area contributed by atoms with Crippen LogP contribution in [0.2, 0.25) is 0 Å². The number of fused-ring (bicyclic) bond motifs is 1. The van der Waals surface area contributed by atoms with Crippen molar-refractivity contribution in [1.29, 1.82) is 0 Å². The summed E-state index contributed by atoms with van der Waals surface area (Å²) in [7, 11) is 0. The number of hydrogen-bond acceptors (Lipinski definition) is 5. The molecule has 1 fully saturated rings. The highest BCUT2D eigenvalue weighted by molar-refractivity contribution is 5.97. The number of carboxylic acid groups (broad SMARTS) is 1. The number of carbonyl (C=O) groups is 2. The van der Waals surface area contributed by atoms with Crippen molar-refractivity contribution in [3.63, 3.8) is 0 Å². The summed E-state index contributed by atoms with van der Waals surface area (Å²) in [6.07, 6.45) is 1.54. The number of aromatic amines is 2. The number of piperidine rings is 1. The lowest BCUT2D eigenvalue weighted by Crippen LogP contribution is -2.38. The molecule has 3 N–H and O–H groups in total. The average Bonchev–Trinajstić information content (AvgIpc) is 3.29. The molecule has 0 spiro atoms. The van der Waals surface area contributed by atoms with Crippen molar-refractivity contribution in [3.8, 4) is 0 Å². The van der Waals surface area contributed by atoms with Gasteiger partial charge in [0.25, 0.3) is 5.91 Å². The van der Waals surface area contributed by atoms with Gasteiger partial charge in [-0.2, -0.15) is 20.5 Å². The average molecular weight is 354 g/mol. The molecule has 9 nitrogen and oxygen atoms in total. The fourth-order valence-electron chi connectivity index (χ4n) is 3.38. The summed E-state index contributed by atoms with van der Waals surface area (Å²) in [4.78, 5) is 25.3. The van der Waals surface area contributed by atoms with E-state index in [0.29, 0.717) is 29.9 Å². The molecule has 9 heteroatoms. The Balaban J connectivity index is 1.40. The van der Waals surface area contributed by atoms with E-state index in [4.69, 9.17) is 5.11 Å². The van der Waals surface area contributed by atoms with Crippen LogP contribution in [0.5, 0.6) is 0 Å². The lowest BCUT2D eigenvalue weighted by atomic mass is 9.93. The maximum Gasteiger partial charge on any atom is 0.309 e. The van der Waals surface area contributed by atoms with Gasteiger partial charge in [-0.15, -0.1) is 0 Å². The third-order valence-corrected chi connectivity index (χ3v) is 4.76. The topological polar surface area (TPSA) is 128 Å². The van der Waals surface area contributed by atoms with Gasteiger partial charge in [0.2, 0.25) is 0 Å². The number of H-pyrrole nitrogens is 2. The van der Waals surface area contributed by atoms with Crippen LogP contribution in [0.3, 0.4) is 0 Å². The molecule has 1 amide bonds. The fraction of sp³-hybridized carbons (Fsp3) is 0.353. The van der Waals surface area contributed by atoms with Gasteiger partial charge in [0, 0.05) is 30.3 Å². The first-order valence-corrected chi connectivity index (χ1v) is 8.46. The normalized spacial score (nSPS) is 15.5. The Morgan fingerprint density at radius 3 is 2.65 bits per heavy atom. The SMILES string of the molecule is O=C(O)Cc1cc(C2CCN(C(=O)c3ccc4n[nH]nc4c3)CC2)n[nH]1. The second kappa shape index (κ2) is 6.58. The molecule has 0 saturated carbocycles. The van der Waals surface area contributed by atoms with E-state index in [1.54, 1.807) is 18.2 Å². The lowest BCUT2D eigenvalue weighted by molar-refractivity contribution is -0.136. The van der Waals surface area contributed by atoms with Gasteiger partial charge >= 0.3 is 5.97 Å². The molecule has 134 valence electrons. The summed E-state index contributed by atoms with van der Waals surface area (Å²) in [5.41, 5.74) is 3.49. The van der Waals surface area contributed by atoms with Crippen LogP contribution in [0.4, 0.5) is 0 Å². The number of hydrogen-bond donors (Lipinski definition) is 3. The van der Waals surface area contributed by atoms with Crippen molar-refractivity contribution in [2.75, 3.05) is 13.1 Å². The summed E-state index contributed by atoms with van der Waals surface area (Å²) >= 11 is 0. The quantitative estimate of drug-likeness (QED) is 0.648. The summed E-state index contributed by atoms with van der Waals surface area (Å²) < 4.78 is 0. The van der Waals surface area contributed by atoms with E-state index in [-0.39, 0.29) is 18.2 Å². The van der Waals surface area contributed by atoms with E-state index in [0.717, 1.165) is 24.1 Å². The van der Waals surface area contributed by atoms with Crippen LogP contribution in [0.1, 0.15) is 40.5 Å². The molecule has 2 aromatic heterocycles. The molecule has 0 aliphatic carbocycles. The number of amides is 1. The van der Waals surface area contributed by atoms with Gasteiger partial charge in [0.1, 0.15) is 11.0 Å². The number of nitrogens with zero attached hydrogens (tertiary/aromatic N) is 4. The van der Waals surface area contributed by atoms with Gasteiger partial charge in [0.05, 0.1) is 12.1 Å². The van der Waals surface area contributed by atoms with Crippen LogP contribution in [-0.2, 0) is 11.2 Å². The maximum absolute atomic E-state index is 12.7. The Hall–Kier alpha value is -3.23. The number of nitrogens with one attached hydrogen (secondary N) is 2. The number of aliphatic carboxylic acids is 1. The van der Waals surface area contributed by atoms with E-state index in [1.165, 1.54) is 0 Å². The minimum Gasteiger partial charge on any atom is -0.481 e. The number of rotatable bonds is 4. The predicted molar refractivity (Wildman–Crippen MR) is 91.7 cm³/mol. The molecule has 0 unspecified atom stereocenters. The van der Waals surface area contributed by atoms with E-state index in [2.05, 4.69) is 25.6 Å². The van der Waals surface area contributed by atoms with Crippen LogP contribution in [0.25, 0.3) is 11.0 Å². The summed E-state index contributed by atoms with van der Waals surface area (Å²) in [6.45, 7) is 1.28. The van der Waals surface area contributed by atoms with Crippen LogP contribution in [0.15, 0.2) is 24.3 Å². The number of carbonyl (C=O) groups excluding carboxylic acids is 1. The second-order valence-electron chi connectivity index (χ2n) is 6.48. The molecule has 0 radical (unpaired) electrons. The van der Waals surface area contributed by atoms with E-state index in [9.17, 15) is 9.59 Å². The molecule has 0 bridgehead atoms. The molecule has 3 aromatic rings. The predicted octanol–water partition coefficient (Wildman–Crippen LogP) is 1.33. The zero-order valence-electron chi connectivity index (χ0n) is 14.0. The molecule has 0 atom stereocenters. The summed E-state index contributed by atoms with van der Waals surface area (Å²) in [6, 6.07) is 7.12. The highest BCUT2D eigenvalue weighted by atomic mass is 16.4. The fourth-order valence-corrected chi connectivity index (χ4v) is 3.38. The molecule has 1 saturated heterocycles. The Morgan fingerprint density at radius 1 is 1.12 bits per heavy atom. The van der Waals surface area contributed by atoms with Crippen molar-refractivity contribution in [3.05, 3.63) is 41.2 Å². The number of carboxylic acids is 1. The Bertz CT molecular complexity index is 954. The molecule has 1 aliphatic heterocycles. The number of likely N-dealkylation sites (tertiary alicyclic amines) is 1. The zero-order valence-corrected chi connectivity index (χ0v) is 14.0. The Morgan fingerprint density at radius 2 is 1.88 bits per heavy atom. The molecule has 1 aromatic carbocycles.